The summed E-state index contributed by atoms with van der Waals surface area (Å²) in [6.07, 6.45) is 0. The van der Waals surface area contributed by atoms with E-state index < -0.39 is 0 Å². The van der Waals surface area contributed by atoms with Gasteiger partial charge in [0.05, 0.1) is 17.3 Å². The molecule has 0 atom stereocenters. The molecule has 148 valence electrons. The molecule has 1 heterocycles. The van der Waals surface area contributed by atoms with Crippen LogP contribution in [-0.2, 0) is 0 Å². The van der Waals surface area contributed by atoms with Crippen molar-refractivity contribution in [1.82, 2.24) is 9.88 Å². The molecular weight excluding hydrogens is 390 g/mol. The van der Waals surface area contributed by atoms with Crippen LogP contribution >= 0.6 is 23.1 Å². The molecule has 1 aromatic heterocycles. The van der Waals surface area contributed by atoms with Gasteiger partial charge in [-0.2, -0.15) is 0 Å². The number of rotatable bonds is 8. The quantitative estimate of drug-likeness (QED) is 0.502. The van der Waals surface area contributed by atoms with Crippen LogP contribution in [0.5, 0.6) is 5.75 Å². The van der Waals surface area contributed by atoms with Crippen LogP contribution in [0.15, 0.2) is 47.4 Å². The molecule has 0 saturated carbocycles. The van der Waals surface area contributed by atoms with Crippen molar-refractivity contribution in [3.63, 3.8) is 0 Å². The van der Waals surface area contributed by atoms with Gasteiger partial charge in [0.15, 0.2) is 5.13 Å². The first-order valence-electron chi connectivity index (χ1n) is 9.16. The van der Waals surface area contributed by atoms with E-state index in [0.717, 1.165) is 33.2 Å². The number of methoxy groups -OCH3 is 1. The van der Waals surface area contributed by atoms with Gasteiger partial charge in [-0.1, -0.05) is 24.3 Å². The molecule has 28 heavy (non-hydrogen) atoms. The smallest absolute Gasteiger partial charge is 0.260 e. The van der Waals surface area contributed by atoms with Crippen LogP contribution in [0.4, 0.5) is 5.13 Å². The fourth-order valence-electron chi connectivity index (χ4n) is 2.76. The van der Waals surface area contributed by atoms with Crippen LogP contribution in [0.3, 0.4) is 0 Å². The number of fused-ring (bicyclic) bond motifs is 1. The molecule has 0 aliphatic rings. The molecule has 0 fully saturated rings. The number of amides is 1. The van der Waals surface area contributed by atoms with Gasteiger partial charge in [0.25, 0.3) is 5.91 Å². The molecule has 0 spiro atoms. The van der Waals surface area contributed by atoms with Crippen molar-refractivity contribution in [3.05, 3.63) is 48.0 Å². The van der Waals surface area contributed by atoms with Crippen LogP contribution < -0.4 is 9.64 Å². The third kappa shape index (κ3) is 4.84. The zero-order valence-electron chi connectivity index (χ0n) is 16.6. The van der Waals surface area contributed by atoms with Gasteiger partial charge in [-0.3, -0.25) is 9.69 Å². The van der Waals surface area contributed by atoms with Crippen molar-refractivity contribution in [2.24, 2.45) is 0 Å². The summed E-state index contributed by atoms with van der Waals surface area (Å²) in [7, 11) is 5.66. The molecule has 0 unspecified atom stereocenters. The van der Waals surface area contributed by atoms with Gasteiger partial charge < -0.3 is 9.64 Å². The number of carbonyl (C=O) groups excluding carboxylic acids is 1. The fourth-order valence-corrected chi connectivity index (χ4v) is 4.50. The van der Waals surface area contributed by atoms with Crippen molar-refractivity contribution in [2.75, 3.05) is 44.9 Å². The molecule has 5 nitrogen and oxygen atoms in total. The number of carbonyl (C=O) groups is 1. The minimum absolute atomic E-state index is 0.0218. The molecule has 0 aliphatic carbocycles. The van der Waals surface area contributed by atoms with Crippen molar-refractivity contribution < 1.29 is 9.53 Å². The summed E-state index contributed by atoms with van der Waals surface area (Å²) in [5.74, 6) is 1.74. The van der Waals surface area contributed by atoms with Crippen molar-refractivity contribution in [3.8, 4) is 5.75 Å². The zero-order chi connectivity index (χ0) is 20.1. The second-order valence-electron chi connectivity index (χ2n) is 6.55. The molecule has 0 saturated heterocycles. The SMILES string of the molecule is CCSc1cccc(C(=O)N(CCN(C)C)c2nc3ccc(OC)cc3s2)c1. The Balaban J connectivity index is 1.96. The standard InChI is InChI=1S/C21H25N3O2S2/c1-5-27-17-8-6-7-15(13-17)20(25)24(12-11-23(2)3)21-22-18-10-9-16(26-4)14-19(18)28-21/h6-10,13-14H,5,11-12H2,1-4H3. The number of nitrogens with zero attached hydrogens (tertiary/aromatic N) is 3. The second kappa shape index (κ2) is 9.41. The summed E-state index contributed by atoms with van der Waals surface area (Å²) in [5.41, 5.74) is 1.56. The van der Waals surface area contributed by atoms with E-state index in [2.05, 4.69) is 11.8 Å². The number of thiazole rings is 1. The van der Waals surface area contributed by atoms with E-state index in [0.29, 0.717) is 17.2 Å². The van der Waals surface area contributed by atoms with E-state index in [1.165, 1.54) is 11.3 Å². The highest BCUT2D eigenvalue weighted by Crippen LogP contribution is 2.32. The lowest BCUT2D eigenvalue weighted by Gasteiger charge is -2.22. The number of anilines is 1. The number of ether oxygens (including phenoxy) is 1. The van der Waals surface area contributed by atoms with E-state index in [9.17, 15) is 4.79 Å². The average molecular weight is 416 g/mol. The van der Waals surface area contributed by atoms with E-state index in [1.807, 2.05) is 56.6 Å². The van der Waals surface area contributed by atoms with E-state index in [1.54, 1.807) is 23.8 Å². The number of thioether (sulfide) groups is 1. The lowest BCUT2D eigenvalue weighted by Crippen LogP contribution is -2.36. The minimum Gasteiger partial charge on any atom is -0.497 e. The van der Waals surface area contributed by atoms with Crippen LogP contribution in [0.2, 0.25) is 0 Å². The maximum atomic E-state index is 13.4. The predicted molar refractivity (Wildman–Crippen MR) is 119 cm³/mol. The molecule has 3 rings (SSSR count). The number of likely N-dealkylation sites (N-methyl/N-ethyl adjacent to an activating group) is 1. The molecule has 7 heteroatoms. The highest BCUT2D eigenvalue weighted by atomic mass is 32.2. The normalized spacial score (nSPS) is 11.2. The van der Waals surface area contributed by atoms with Gasteiger partial charge in [0.2, 0.25) is 0 Å². The Hall–Kier alpha value is -2.09. The van der Waals surface area contributed by atoms with E-state index in [4.69, 9.17) is 9.72 Å². The lowest BCUT2D eigenvalue weighted by molar-refractivity contribution is 0.0985. The summed E-state index contributed by atoms with van der Waals surface area (Å²) in [6.45, 7) is 3.44. The number of aromatic nitrogens is 1. The van der Waals surface area contributed by atoms with Gasteiger partial charge in [-0.15, -0.1) is 11.8 Å². The summed E-state index contributed by atoms with van der Waals surface area (Å²) >= 11 is 3.25. The van der Waals surface area contributed by atoms with E-state index >= 15 is 0 Å². The van der Waals surface area contributed by atoms with Gasteiger partial charge in [0, 0.05) is 23.5 Å². The molecule has 0 N–H and O–H groups in total. The zero-order valence-corrected chi connectivity index (χ0v) is 18.3. The van der Waals surface area contributed by atoms with Crippen molar-refractivity contribution in [2.45, 2.75) is 11.8 Å². The largest absolute Gasteiger partial charge is 0.497 e. The maximum Gasteiger partial charge on any atom is 0.260 e. The lowest BCUT2D eigenvalue weighted by atomic mass is 10.2. The minimum atomic E-state index is -0.0218. The van der Waals surface area contributed by atoms with Crippen LogP contribution in [-0.4, -0.2) is 55.8 Å². The van der Waals surface area contributed by atoms with Gasteiger partial charge in [-0.25, -0.2) is 4.98 Å². The summed E-state index contributed by atoms with van der Waals surface area (Å²) in [6, 6.07) is 13.6. The first kappa shape index (κ1) is 20.6. The Morgan fingerprint density at radius 3 is 2.71 bits per heavy atom. The Morgan fingerprint density at radius 1 is 1.18 bits per heavy atom. The first-order chi connectivity index (χ1) is 13.5. The predicted octanol–water partition coefficient (Wildman–Crippen LogP) is 4.63. The molecule has 0 aliphatic heterocycles. The molecule has 1 amide bonds. The van der Waals surface area contributed by atoms with Crippen molar-refractivity contribution in [1.29, 1.82) is 0 Å². The van der Waals surface area contributed by atoms with Crippen LogP contribution in [0.1, 0.15) is 17.3 Å². The van der Waals surface area contributed by atoms with E-state index in [-0.39, 0.29) is 5.91 Å². The maximum absolute atomic E-state index is 13.4. The molecule has 2 aromatic carbocycles. The monoisotopic (exact) mass is 415 g/mol. The fraction of sp³-hybridized carbons (Fsp3) is 0.333. The molecule has 3 aromatic rings. The Kier molecular flexibility index (Phi) is 6.93. The van der Waals surface area contributed by atoms with Crippen LogP contribution in [0, 0.1) is 0 Å². The van der Waals surface area contributed by atoms with Crippen molar-refractivity contribution >= 4 is 44.4 Å². The molecule has 0 radical (unpaired) electrons. The molecule has 0 bridgehead atoms. The van der Waals surface area contributed by atoms with Gasteiger partial charge in [-0.05, 0) is 56.2 Å². The van der Waals surface area contributed by atoms with Gasteiger partial charge >= 0.3 is 0 Å². The summed E-state index contributed by atoms with van der Waals surface area (Å²) in [5, 5.41) is 0.712. The number of hydrogen-bond donors (Lipinski definition) is 0. The van der Waals surface area contributed by atoms with Crippen LogP contribution in [0.25, 0.3) is 10.2 Å². The Labute approximate surface area is 174 Å². The Bertz CT molecular complexity index is 956. The number of benzene rings is 2. The third-order valence-corrected chi connectivity index (χ3v) is 6.14. The highest BCUT2D eigenvalue weighted by molar-refractivity contribution is 7.99. The van der Waals surface area contributed by atoms with Gasteiger partial charge in [0.1, 0.15) is 5.75 Å². The second-order valence-corrected chi connectivity index (χ2v) is 8.90. The molecular formula is C21H25N3O2S2. The average Bonchev–Trinajstić information content (AvgIpc) is 3.11. The summed E-state index contributed by atoms with van der Waals surface area (Å²) < 4.78 is 6.32. The first-order valence-corrected chi connectivity index (χ1v) is 11.0. The topological polar surface area (TPSA) is 45.7 Å². The Morgan fingerprint density at radius 2 is 2.00 bits per heavy atom. The summed E-state index contributed by atoms with van der Waals surface area (Å²) in [4.78, 5) is 23.0. The number of hydrogen-bond acceptors (Lipinski definition) is 6. The highest BCUT2D eigenvalue weighted by Gasteiger charge is 2.22. The third-order valence-electron chi connectivity index (χ3n) is 4.22.